The first-order chi connectivity index (χ1) is 14.3. The molecule has 0 aliphatic heterocycles. The molecule has 0 radical (unpaired) electrons. The molecule has 2 N–H and O–H groups in total. The average Bonchev–Trinajstić information content (AvgIpc) is 2.71. The van der Waals surface area contributed by atoms with Crippen LogP contribution < -0.4 is 20.3 Å². The second-order valence-corrected chi connectivity index (χ2v) is 7.88. The lowest BCUT2D eigenvalue weighted by Crippen LogP contribution is -2.48. The lowest BCUT2D eigenvalue weighted by molar-refractivity contribution is -0.133. The highest BCUT2D eigenvalue weighted by molar-refractivity contribution is 9.10. The molecule has 6 nitrogen and oxygen atoms in total. The van der Waals surface area contributed by atoms with Crippen LogP contribution in [0.4, 0.5) is 0 Å². The van der Waals surface area contributed by atoms with Crippen molar-refractivity contribution >= 4 is 38.5 Å². The Balaban J connectivity index is 1.48. The van der Waals surface area contributed by atoms with Crippen LogP contribution in [0.5, 0.6) is 11.5 Å². The Morgan fingerprint density at radius 3 is 2.33 bits per heavy atom. The molecule has 7 heteroatoms. The molecule has 3 rings (SSSR count). The zero-order chi connectivity index (χ0) is 21.7. The second kappa shape index (κ2) is 9.63. The maximum Gasteiger partial charge on any atom is 0.279 e. The van der Waals surface area contributed by atoms with Crippen LogP contribution in [0.1, 0.15) is 18.1 Å². The van der Waals surface area contributed by atoms with Crippen molar-refractivity contribution in [2.24, 2.45) is 0 Å². The molecular formula is C23H23BrN2O4. The Labute approximate surface area is 183 Å². The molecule has 0 heterocycles. The third kappa shape index (κ3) is 5.51. The van der Waals surface area contributed by atoms with Gasteiger partial charge in [0.1, 0.15) is 11.5 Å². The Kier molecular flexibility index (Phi) is 6.95. The number of carbonyl (C=O) groups is 2. The van der Waals surface area contributed by atoms with Crippen LogP contribution >= 0.6 is 15.9 Å². The zero-order valence-corrected chi connectivity index (χ0v) is 18.6. The maximum atomic E-state index is 12.2. The molecule has 0 fully saturated rings. The normalized spacial score (nSPS) is 11.6. The molecule has 3 aromatic rings. The molecular weight excluding hydrogens is 448 g/mol. The van der Waals surface area contributed by atoms with Crippen molar-refractivity contribution in [1.82, 2.24) is 10.9 Å². The lowest BCUT2D eigenvalue weighted by Gasteiger charge is -2.16. The van der Waals surface area contributed by atoms with Gasteiger partial charge in [-0.15, -0.1) is 0 Å². The van der Waals surface area contributed by atoms with E-state index in [2.05, 4.69) is 26.8 Å². The quantitative estimate of drug-likeness (QED) is 0.528. The monoisotopic (exact) mass is 470 g/mol. The Bertz CT molecular complexity index is 1060. The maximum absolute atomic E-state index is 12.2. The number of benzene rings is 3. The first-order valence-corrected chi connectivity index (χ1v) is 10.3. The highest BCUT2D eigenvalue weighted by atomic mass is 79.9. The van der Waals surface area contributed by atoms with Crippen LogP contribution in [0.25, 0.3) is 10.8 Å². The number of hydrazine groups is 1. The summed E-state index contributed by atoms with van der Waals surface area (Å²) in [6.07, 6.45) is -0.789. The number of rotatable bonds is 6. The van der Waals surface area contributed by atoms with E-state index in [9.17, 15) is 9.59 Å². The van der Waals surface area contributed by atoms with Gasteiger partial charge in [0, 0.05) is 4.47 Å². The molecule has 0 aliphatic rings. The summed E-state index contributed by atoms with van der Waals surface area (Å²) in [6.45, 7) is 5.20. The summed E-state index contributed by atoms with van der Waals surface area (Å²) >= 11 is 3.42. The molecule has 0 aromatic heterocycles. The molecule has 156 valence electrons. The zero-order valence-electron chi connectivity index (χ0n) is 17.0. The van der Waals surface area contributed by atoms with Crippen LogP contribution in [0.3, 0.4) is 0 Å². The van der Waals surface area contributed by atoms with Crippen LogP contribution in [-0.4, -0.2) is 24.5 Å². The number of ether oxygens (including phenoxy) is 2. The molecule has 1 unspecified atom stereocenters. The minimum atomic E-state index is -0.789. The van der Waals surface area contributed by atoms with Crippen molar-refractivity contribution in [3.8, 4) is 11.5 Å². The van der Waals surface area contributed by atoms with E-state index in [-0.39, 0.29) is 6.61 Å². The number of nitrogens with one attached hydrogen (secondary N) is 2. The predicted molar refractivity (Wildman–Crippen MR) is 119 cm³/mol. The number of fused-ring (bicyclic) bond motifs is 1. The minimum absolute atomic E-state index is 0.219. The Morgan fingerprint density at radius 2 is 1.63 bits per heavy atom. The summed E-state index contributed by atoms with van der Waals surface area (Å²) in [5.41, 5.74) is 6.54. The van der Waals surface area contributed by atoms with E-state index in [1.54, 1.807) is 13.0 Å². The van der Waals surface area contributed by atoms with Gasteiger partial charge in [-0.25, -0.2) is 0 Å². The van der Waals surface area contributed by atoms with E-state index in [1.165, 1.54) is 0 Å². The number of hydrogen-bond donors (Lipinski definition) is 2. The second-order valence-electron chi connectivity index (χ2n) is 6.96. The largest absolute Gasteiger partial charge is 0.483 e. The summed E-state index contributed by atoms with van der Waals surface area (Å²) in [5, 5.41) is 2.11. The standard InChI is InChI=1S/C23H23BrN2O4/c1-14-10-19(24)11-15(2)22(14)29-13-21(27)25-26-23(28)16(3)30-20-9-8-17-6-4-5-7-18(17)12-20/h4-12,16H,13H2,1-3H3,(H,25,27)(H,26,28). The summed E-state index contributed by atoms with van der Waals surface area (Å²) < 4.78 is 12.2. The molecule has 2 amide bonds. The fourth-order valence-electron chi connectivity index (χ4n) is 3.03. The van der Waals surface area contributed by atoms with E-state index in [1.807, 2.05) is 62.4 Å². The van der Waals surface area contributed by atoms with Crippen molar-refractivity contribution in [2.45, 2.75) is 26.9 Å². The number of halogens is 1. The van der Waals surface area contributed by atoms with Crippen molar-refractivity contribution in [3.63, 3.8) is 0 Å². The molecule has 0 spiro atoms. The fourth-order valence-corrected chi connectivity index (χ4v) is 3.72. The number of aryl methyl sites for hydroxylation is 2. The molecule has 0 saturated heterocycles. The summed E-state index contributed by atoms with van der Waals surface area (Å²) in [7, 11) is 0. The summed E-state index contributed by atoms with van der Waals surface area (Å²) in [6, 6.07) is 17.3. The van der Waals surface area contributed by atoms with Gasteiger partial charge >= 0.3 is 0 Å². The third-order valence-electron chi connectivity index (χ3n) is 4.50. The van der Waals surface area contributed by atoms with Crippen molar-refractivity contribution in [2.75, 3.05) is 6.61 Å². The van der Waals surface area contributed by atoms with Gasteiger partial charge in [0.25, 0.3) is 11.8 Å². The fraction of sp³-hybridized carbons (Fsp3) is 0.217. The van der Waals surface area contributed by atoms with E-state index >= 15 is 0 Å². The van der Waals surface area contributed by atoms with E-state index in [4.69, 9.17) is 9.47 Å². The minimum Gasteiger partial charge on any atom is -0.483 e. The Morgan fingerprint density at radius 1 is 0.967 bits per heavy atom. The number of amides is 2. The Hall–Kier alpha value is -3.06. The number of hydrogen-bond acceptors (Lipinski definition) is 4. The van der Waals surface area contributed by atoms with Gasteiger partial charge in [0.2, 0.25) is 0 Å². The summed E-state index contributed by atoms with van der Waals surface area (Å²) in [4.78, 5) is 24.3. The van der Waals surface area contributed by atoms with E-state index < -0.39 is 17.9 Å². The molecule has 30 heavy (non-hydrogen) atoms. The van der Waals surface area contributed by atoms with Gasteiger partial charge in [0.15, 0.2) is 12.7 Å². The van der Waals surface area contributed by atoms with Crippen LogP contribution in [0.2, 0.25) is 0 Å². The van der Waals surface area contributed by atoms with Crippen molar-refractivity contribution in [3.05, 3.63) is 70.2 Å². The highest BCUT2D eigenvalue weighted by Crippen LogP contribution is 2.27. The number of carbonyl (C=O) groups excluding carboxylic acids is 2. The van der Waals surface area contributed by atoms with Crippen molar-refractivity contribution in [1.29, 1.82) is 0 Å². The van der Waals surface area contributed by atoms with E-state index in [0.717, 1.165) is 26.4 Å². The van der Waals surface area contributed by atoms with Crippen molar-refractivity contribution < 1.29 is 19.1 Å². The molecule has 1 atom stereocenters. The molecule has 3 aromatic carbocycles. The molecule has 0 saturated carbocycles. The summed E-state index contributed by atoms with van der Waals surface area (Å²) in [5.74, 6) is 0.287. The van der Waals surface area contributed by atoms with Gasteiger partial charge in [-0.1, -0.05) is 46.3 Å². The van der Waals surface area contributed by atoms with Gasteiger partial charge in [0.05, 0.1) is 0 Å². The van der Waals surface area contributed by atoms with Gasteiger partial charge in [-0.3, -0.25) is 20.4 Å². The predicted octanol–water partition coefficient (Wildman–Crippen LogP) is 4.21. The van der Waals surface area contributed by atoms with Crippen LogP contribution in [0.15, 0.2) is 59.1 Å². The van der Waals surface area contributed by atoms with Gasteiger partial charge in [-0.2, -0.15) is 0 Å². The molecule has 0 bridgehead atoms. The SMILES string of the molecule is Cc1cc(Br)cc(C)c1OCC(=O)NNC(=O)C(C)Oc1ccc2ccccc2c1. The average molecular weight is 471 g/mol. The third-order valence-corrected chi connectivity index (χ3v) is 4.96. The highest BCUT2D eigenvalue weighted by Gasteiger charge is 2.16. The first-order valence-electron chi connectivity index (χ1n) is 9.47. The van der Waals surface area contributed by atoms with Crippen LogP contribution in [-0.2, 0) is 9.59 Å². The van der Waals surface area contributed by atoms with Gasteiger partial charge < -0.3 is 9.47 Å². The first kappa shape index (κ1) is 21.6. The molecule has 0 aliphatic carbocycles. The smallest absolute Gasteiger partial charge is 0.279 e. The topological polar surface area (TPSA) is 76.7 Å². The van der Waals surface area contributed by atoms with E-state index in [0.29, 0.717) is 11.5 Å². The lowest BCUT2D eigenvalue weighted by atomic mass is 10.1. The van der Waals surface area contributed by atoms with Gasteiger partial charge in [-0.05, 0) is 66.9 Å². The van der Waals surface area contributed by atoms with Crippen LogP contribution in [0, 0.1) is 13.8 Å².